The Kier molecular flexibility index (Phi) is 4.69. The Morgan fingerprint density at radius 3 is 2.41 bits per heavy atom. The van der Waals surface area contributed by atoms with Gasteiger partial charge < -0.3 is 10.2 Å². The summed E-state index contributed by atoms with van der Waals surface area (Å²) in [5.41, 5.74) is 1.56. The van der Waals surface area contributed by atoms with Crippen molar-refractivity contribution in [2.24, 2.45) is 0 Å². The van der Waals surface area contributed by atoms with Crippen LogP contribution >= 0.6 is 23.2 Å². The van der Waals surface area contributed by atoms with Gasteiger partial charge in [0.05, 0.1) is 15.7 Å². The number of para-hydroxylation sites is 1. The monoisotopic (exact) mass is 336 g/mol. The normalized spacial score (nSPS) is 15.0. The van der Waals surface area contributed by atoms with Gasteiger partial charge in [0, 0.05) is 24.8 Å². The highest BCUT2D eigenvalue weighted by molar-refractivity contribution is 6.39. The second-order valence-electron chi connectivity index (χ2n) is 5.46. The zero-order valence-corrected chi connectivity index (χ0v) is 14.0. The van der Waals surface area contributed by atoms with Gasteiger partial charge in [-0.25, -0.2) is 4.98 Å². The van der Waals surface area contributed by atoms with E-state index in [1.54, 1.807) is 12.1 Å². The third kappa shape index (κ3) is 3.45. The molecule has 1 N–H and O–H groups in total. The third-order valence-electron chi connectivity index (χ3n) is 3.72. The Morgan fingerprint density at radius 1 is 1.05 bits per heavy atom. The minimum Gasteiger partial charge on any atom is -0.356 e. The van der Waals surface area contributed by atoms with Crippen LogP contribution in [-0.2, 0) is 0 Å². The largest absolute Gasteiger partial charge is 0.356 e. The van der Waals surface area contributed by atoms with E-state index in [1.165, 1.54) is 19.3 Å². The van der Waals surface area contributed by atoms with Crippen molar-refractivity contribution < 1.29 is 0 Å². The summed E-state index contributed by atoms with van der Waals surface area (Å²) in [6.45, 7) is 4.06. The van der Waals surface area contributed by atoms with Gasteiger partial charge in [-0.3, -0.25) is 0 Å². The Bertz CT molecular complexity index is 649. The standard InChI is InChI=1S/C16H18Cl2N4/c1-11-10-14(22-8-3-2-4-9-22)20-16(19-11)21-15-12(17)6-5-7-13(15)18/h5-7,10H,2-4,8-9H2,1H3,(H,19,20,21). The summed E-state index contributed by atoms with van der Waals surface area (Å²) in [7, 11) is 0. The van der Waals surface area contributed by atoms with Crippen molar-refractivity contribution >= 4 is 40.7 Å². The first-order valence-electron chi connectivity index (χ1n) is 7.45. The van der Waals surface area contributed by atoms with Gasteiger partial charge >= 0.3 is 0 Å². The van der Waals surface area contributed by atoms with E-state index >= 15 is 0 Å². The smallest absolute Gasteiger partial charge is 0.229 e. The SMILES string of the molecule is Cc1cc(N2CCCCC2)nc(Nc2c(Cl)cccc2Cl)n1. The van der Waals surface area contributed by atoms with E-state index in [-0.39, 0.29) is 0 Å². The topological polar surface area (TPSA) is 41.1 Å². The lowest BCUT2D eigenvalue weighted by atomic mass is 10.1. The zero-order chi connectivity index (χ0) is 15.5. The fourth-order valence-corrected chi connectivity index (χ4v) is 3.11. The van der Waals surface area contributed by atoms with Crippen molar-refractivity contribution in [1.82, 2.24) is 9.97 Å². The first kappa shape index (κ1) is 15.4. The predicted octanol–water partition coefficient (Wildman–Crippen LogP) is 4.83. The van der Waals surface area contributed by atoms with Crippen molar-refractivity contribution in [2.75, 3.05) is 23.3 Å². The molecule has 1 fully saturated rings. The second-order valence-corrected chi connectivity index (χ2v) is 6.27. The molecule has 116 valence electrons. The Hall–Kier alpha value is -1.52. The van der Waals surface area contributed by atoms with E-state index in [0.717, 1.165) is 24.6 Å². The van der Waals surface area contributed by atoms with Crippen LogP contribution in [0.4, 0.5) is 17.5 Å². The highest BCUT2D eigenvalue weighted by Gasteiger charge is 2.15. The Balaban J connectivity index is 1.89. The number of aryl methyl sites for hydroxylation is 1. The Labute approximate surface area is 140 Å². The molecule has 1 saturated heterocycles. The van der Waals surface area contributed by atoms with Gasteiger partial charge in [0.15, 0.2) is 0 Å². The summed E-state index contributed by atoms with van der Waals surface area (Å²) in [5, 5.41) is 4.25. The number of nitrogens with one attached hydrogen (secondary N) is 1. The van der Waals surface area contributed by atoms with Crippen LogP contribution in [0.2, 0.25) is 10.0 Å². The number of benzene rings is 1. The summed E-state index contributed by atoms with van der Waals surface area (Å²) in [5.74, 6) is 1.48. The minimum atomic E-state index is 0.524. The van der Waals surface area contributed by atoms with E-state index in [0.29, 0.717) is 21.7 Å². The van der Waals surface area contributed by atoms with E-state index in [4.69, 9.17) is 23.2 Å². The molecule has 0 atom stereocenters. The molecule has 0 aliphatic carbocycles. The van der Waals surface area contributed by atoms with E-state index in [9.17, 15) is 0 Å². The maximum Gasteiger partial charge on any atom is 0.229 e. The lowest BCUT2D eigenvalue weighted by Crippen LogP contribution is -2.30. The summed E-state index contributed by atoms with van der Waals surface area (Å²) in [6, 6.07) is 7.41. The van der Waals surface area contributed by atoms with Crippen molar-refractivity contribution in [3.8, 4) is 0 Å². The number of piperidine rings is 1. The van der Waals surface area contributed by atoms with Crippen LogP contribution in [0, 0.1) is 6.92 Å². The molecule has 1 aliphatic rings. The highest BCUT2D eigenvalue weighted by atomic mass is 35.5. The molecule has 0 saturated carbocycles. The van der Waals surface area contributed by atoms with Gasteiger partial charge in [-0.15, -0.1) is 0 Å². The fourth-order valence-electron chi connectivity index (χ4n) is 2.62. The molecule has 0 radical (unpaired) electrons. The average molecular weight is 337 g/mol. The molecule has 0 bridgehead atoms. The summed E-state index contributed by atoms with van der Waals surface area (Å²) in [4.78, 5) is 11.4. The van der Waals surface area contributed by atoms with Gasteiger partial charge in [0.25, 0.3) is 0 Å². The van der Waals surface area contributed by atoms with Gasteiger partial charge in [0.2, 0.25) is 5.95 Å². The molecule has 1 aromatic carbocycles. The number of halogens is 2. The van der Waals surface area contributed by atoms with Crippen molar-refractivity contribution in [2.45, 2.75) is 26.2 Å². The number of anilines is 3. The van der Waals surface area contributed by atoms with Crippen molar-refractivity contribution in [3.63, 3.8) is 0 Å². The summed E-state index contributed by atoms with van der Waals surface area (Å²) < 4.78 is 0. The van der Waals surface area contributed by atoms with Crippen LogP contribution in [-0.4, -0.2) is 23.1 Å². The van der Waals surface area contributed by atoms with Crippen molar-refractivity contribution in [3.05, 3.63) is 40.0 Å². The molecular formula is C16H18Cl2N4. The number of aromatic nitrogens is 2. The molecule has 1 aromatic heterocycles. The molecular weight excluding hydrogens is 319 g/mol. The van der Waals surface area contributed by atoms with Crippen LogP contribution < -0.4 is 10.2 Å². The van der Waals surface area contributed by atoms with Crippen molar-refractivity contribution in [1.29, 1.82) is 0 Å². The maximum atomic E-state index is 6.19. The molecule has 6 heteroatoms. The van der Waals surface area contributed by atoms with Crippen LogP contribution in [0.3, 0.4) is 0 Å². The molecule has 3 rings (SSSR count). The molecule has 1 aliphatic heterocycles. The van der Waals surface area contributed by atoms with E-state index in [1.807, 2.05) is 19.1 Å². The van der Waals surface area contributed by atoms with Gasteiger partial charge in [-0.2, -0.15) is 4.98 Å². The van der Waals surface area contributed by atoms with Crippen LogP contribution in [0.15, 0.2) is 24.3 Å². The quantitative estimate of drug-likeness (QED) is 0.871. The van der Waals surface area contributed by atoms with E-state index < -0.39 is 0 Å². The number of rotatable bonds is 3. The number of nitrogens with zero attached hydrogens (tertiary/aromatic N) is 3. The molecule has 22 heavy (non-hydrogen) atoms. The first-order chi connectivity index (χ1) is 10.6. The Morgan fingerprint density at radius 2 is 1.73 bits per heavy atom. The van der Waals surface area contributed by atoms with Gasteiger partial charge in [0.1, 0.15) is 5.82 Å². The zero-order valence-electron chi connectivity index (χ0n) is 12.4. The predicted molar refractivity (Wildman–Crippen MR) is 92.6 cm³/mol. The molecule has 2 heterocycles. The second kappa shape index (κ2) is 6.71. The van der Waals surface area contributed by atoms with Gasteiger partial charge in [-0.1, -0.05) is 29.3 Å². The average Bonchev–Trinajstić information content (AvgIpc) is 2.51. The lowest BCUT2D eigenvalue weighted by Gasteiger charge is -2.28. The number of hydrogen-bond donors (Lipinski definition) is 1. The fraction of sp³-hybridized carbons (Fsp3) is 0.375. The minimum absolute atomic E-state index is 0.524. The van der Waals surface area contributed by atoms with Gasteiger partial charge in [-0.05, 0) is 38.3 Å². The van der Waals surface area contributed by atoms with Crippen LogP contribution in [0.5, 0.6) is 0 Å². The summed E-state index contributed by atoms with van der Waals surface area (Å²) in [6.07, 6.45) is 3.71. The molecule has 4 nitrogen and oxygen atoms in total. The maximum absolute atomic E-state index is 6.19. The molecule has 0 unspecified atom stereocenters. The number of hydrogen-bond acceptors (Lipinski definition) is 4. The molecule has 0 amide bonds. The third-order valence-corrected chi connectivity index (χ3v) is 4.35. The lowest BCUT2D eigenvalue weighted by molar-refractivity contribution is 0.573. The highest BCUT2D eigenvalue weighted by Crippen LogP contribution is 2.32. The molecule has 2 aromatic rings. The van der Waals surface area contributed by atoms with Crippen LogP contribution in [0.1, 0.15) is 25.0 Å². The first-order valence-corrected chi connectivity index (χ1v) is 8.21. The molecule has 0 spiro atoms. The van der Waals surface area contributed by atoms with Crippen LogP contribution in [0.25, 0.3) is 0 Å². The summed E-state index contributed by atoms with van der Waals surface area (Å²) >= 11 is 12.4. The van der Waals surface area contributed by atoms with E-state index in [2.05, 4.69) is 20.2 Å².